The number of hydrogen-bond acceptors (Lipinski definition) is 5. The Hall–Kier alpha value is -2.78. The molecule has 0 aliphatic carbocycles. The molecule has 1 aromatic carbocycles. The van der Waals surface area contributed by atoms with Gasteiger partial charge in [0, 0.05) is 44.0 Å². The Morgan fingerprint density at radius 3 is 2.82 bits per heavy atom. The Balaban J connectivity index is 1.48. The van der Waals surface area contributed by atoms with E-state index in [1.807, 2.05) is 20.0 Å². The summed E-state index contributed by atoms with van der Waals surface area (Å²) in [5, 5.41) is 8.12. The number of rotatable bonds is 6. The predicted molar refractivity (Wildman–Crippen MR) is 123 cm³/mol. The van der Waals surface area contributed by atoms with Gasteiger partial charge < -0.3 is 15.0 Å². The summed E-state index contributed by atoms with van der Waals surface area (Å²) < 4.78 is 34.7. The number of carbonyl (C=O) groups is 1. The second-order valence-corrected chi connectivity index (χ2v) is 8.68. The summed E-state index contributed by atoms with van der Waals surface area (Å²) in [6.45, 7) is 4.79. The molecule has 7 nitrogen and oxygen atoms in total. The van der Waals surface area contributed by atoms with Crippen LogP contribution in [0.2, 0.25) is 0 Å². The smallest absolute Gasteiger partial charge is 0.258 e. The van der Waals surface area contributed by atoms with E-state index < -0.39 is 12.0 Å². The maximum absolute atomic E-state index is 13.9. The molecule has 10 heteroatoms. The molecular formula is C23H26ClF2N5O2. The van der Waals surface area contributed by atoms with E-state index in [4.69, 9.17) is 16.3 Å². The van der Waals surface area contributed by atoms with Crippen LogP contribution in [0, 0.1) is 5.82 Å². The molecule has 2 aromatic rings. The van der Waals surface area contributed by atoms with Gasteiger partial charge in [0.05, 0.1) is 34.2 Å². The molecule has 176 valence electrons. The summed E-state index contributed by atoms with van der Waals surface area (Å²) in [6.07, 6.45) is 1.26. The third kappa shape index (κ3) is 4.94. The van der Waals surface area contributed by atoms with Crippen molar-refractivity contribution in [2.24, 2.45) is 4.99 Å². The first-order valence-electron chi connectivity index (χ1n) is 10.7. The fourth-order valence-electron chi connectivity index (χ4n) is 3.98. The Morgan fingerprint density at radius 2 is 2.15 bits per heavy atom. The fraction of sp³-hybridized carbons (Fsp3) is 0.435. The number of allylic oxidation sites excluding steroid dienone is 2. The maximum atomic E-state index is 13.9. The number of aromatic nitrogens is 2. The zero-order valence-electron chi connectivity index (χ0n) is 18.7. The molecule has 1 amide bonds. The predicted octanol–water partition coefficient (Wildman–Crippen LogP) is 3.78. The number of aliphatic imine (C=N–C) groups is 1. The van der Waals surface area contributed by atoms with Crippen LogP contribution in [0.3, 0.4) is 0 Å². The summed E-state index contributed by atoms with van der Waals surface area (Å²) in [5.74, 6) is -0.634. The van der Waals surface area contributed by atoms with E-state index in [9.17, 15) is 13.6 Å². The Labute approximate surface area is 196 Å². The van der Waals surface area contributed by atoms with Crippen molar-refractivity contribution in [1.29, 1.82) is 0 Å². The highest BCUT2D eigenvalue weighted by molar-refractivity contribution is 6.45. The molecule has 3 heterocycles. The lowest BCUT2D eigenvalue weighted by molar-refractivity contribution is 0.0744. The molecule has 2 aliphatic rings. The minimum atomic E-state index is -0.920. The average molecular weight is 478 g/mol. The number of nitrogens with one attached hydrogen (secondary N) is 1. The minimum absolute atomic E-state index is 0.151. The zero-order valence-corrected chi connectivity index (χ0v) is 19.5. The Morgan fingerprint density at radius 1 is 1.36 bits per heavy atom. The van der Waals surface area contributed by atoms with Gasteiger partial charge in [0.1, 0.15) is 24.3 Å². The van der Waals surface area contributed by atoms with E-state index in [1.54, 1.807) is 16.6 Å². The maximum Gasteiger partial charge on any atom is 0.258 e. The summed E-state index contributed by atoms with van der Waals surface area (Å²) in [7, 11) is 1.67. The fourth-order valence-corrected chi connectivity index (χ4v) is 4.15. The molecule has 0 unspecified atom stereocenters. The molecule has 1 saturated heterocycles. The lowest BCUT2D eigenvalue weighted by Gasteiger charge is -2.19. The second kappa shape index (κ2) is 9.61. The second-order valence-electron chi connectivity index (χ2n) is 8.30. The van der Waals surface area contributed by atoms with Crippen molar-refractivity contribution in [1.82, 2.24) is 20.0 Å². The van der Waals surface area contributed by atoms with Crippen molar-refractivity contribution < 1.29 is 18.3 Å². The Kier molecular flexibility index (Phi) is 6.81. The van der Waals surface area contributed by atoms with Crippen molar-refractivity contribution in [2.75, 3.05) is 20.2 Å². The van der Waals surface area contributed by atoms with Crippen LogP contribution in [0.15, 0.2) is 34.4 Å². The van der Waals surface area contributed by atoms with Crippen LogP contribution in [0.4, 0.5) is 8.78 Å². The highest BCUT2D eigenvalue weighted by atomic mass is 35.5. The van der Waals surface area contributed by atoms with E-state index in [0.717, 1.165) is 17.0 Å². The number of carbonyl (C=O) groups excluding carboxylic acids is 1. The standard InChI is InChI=1S/C23H26ClF2N5O2/c1-13(27-3)22(24)14(2)31-10-15-9-30(11-20(15)29-31)23(32)19-5-4-16(25)7-21(19)33-12-18-6-17(26)8-28-18/h4-5,7,10,17-18,28H,6,8-9,11-12H2,1-3H3/b22-14+,27-13?/t17-,18-/m1/s1. The van der Waals surface area contributed by atoms with Gasteiger partial charge in [0.25, 0.3) is 5.91 Å². The van der Waals surface area contributed by atoms with Crippen molar-refractivity contribution in [3.63, 3.8) is 0 Å². The number of hydrogen-bond donors (Lipinski definition) is 1. The third-order valence-electron chi connectivity index (χ3n) is 5.96. The lowest BCUT2D eigenvalue weighted by Crippen LogP contribution is -2.30. The topological polar surface area (TPSA) is 71.8 Å². The van der Waals surface area contributed by atoms with Gasteiger partial charge in [-0.1, -0.05) is 11.6 Å². The molecule has 0 radical (unpaired) electrons. The van der Waals surface area contributed by atoms with Gasteiger partial charge in [0.2, 0.25) is 0 Å². The van der Waals surface area contributed by atoms with E-state index >= 15 is 0 Å². The molecule has 0 saturated carbocycles. The summed E-state index contributed by atoms with van der Waals surface area (Å²) in [6, 6.07) is 3.67. The molecule has 0 spiro atoms. The third-order valence-corrected chi connectivity index (χ3v) is 6.51. The van der Waals surface area contributed by atoms with Crippen molar-refractivity contribution in [3.05, 3.63) is 52.1 Å². The largest absolute Gasteiger partial charge is 0.491 e. The summed E-state index contributed by atoms with van der Waals surface area (Å²) in [4.78, 5) is 18.9. The number of ether oxygens (including phenoxy) is 1. The van der Waals surface area contributed by atoms with Gasteiger partial charge >= 0.3 is 0 Å². The van der Waals surface area contributed by atoms with Gasteiger partial charge in [0.15, 0.2) is 0 Å². The monoisotopic (exact) mass is 477 g/mol. The van der Waals surface area contributed by atoms with Crippen molar-refractivity contribution in [3.8, 4) is 5.75 Å². The first-order chi connectivity index (χ1) is 15.8. The van der Waals surface area contributed by atoms with E-state index in [-0.39, 0.29) is 36.4 Å². The lowest BCUT2D eigenvalue weighted by atomic mass is 10.1. The Bertz CT molecular complexity index is 1110. The molecule has 1 aromatic heterocycles. The summed E-state index contributed by atoms with van der Waals surface area (Å²) >= 11 is 6.37. The van der Waals surface area contributed by atoms with Gasteiger partial charge in [-0.2, -0.15) is 5.10 Å². The van der Waals surface area contributed by atoms with Gasteiger partial charge in [-0.05, 0) is 32.4 Å². The van der Waals surface area contributed by atoms with E-state index in [2.05, 4.69) is 15.4 Å². The van der Waals surface area contributed by atoms with Crippen LogP contribution in [0.1, 0.15) is 41.9 Å². The van der Waals surface area contributed by atoms with Crippen LogP contribution < -0.4 is 10.1 Å². The normalized spacial score (nSPS) is 21.3. The number of amides is 1. The average Bonchev–Trinajstić information content (AvgIpc) is 3.50. The zero-order chi connectivity index (χ0) is 23.7. The molecule has 4 rings (SSSR count). The SMILES string of the molecule is CN=C(C)/C(Cl)=C(/C)n1cc2c(n1)CN(C(=O)c1ccc(F)cc1OC[C@H]1C[C@@H](F)CN1)C2. The molecule has 2 atom stereocenters. The minimum Gasteiger partial charge on any atom is -0.491 e. The van der Waals surface area contributed by atoms with E-state index in [0.29, 0.717) is 30.3 Å². The van der Waals surface area contributed by atoms with Crippen LogP contribution in [0.25, 0.3) is 5.70 Å². The molecule has 2 aliphatic heterocycles. The molecule has 1 N–H and O–H groups in total. The molecule has 1 fully saturated rings. The highest BCUT2D eigenvalue weighted by Crippen LogP contribution is 2.29. The van der Waals surface area contributed by atoms with Crippen molar-refractivity contribution in [2.45, 2.75) is 45.6 Å². The number of alkyl halides is 1. The van der Waals surface area contributed by atoms with Gasteiger partial charge in [-0.3, -0.25) is 9.79 Å². The van der Waals surface area contributed by atoms with Crippen LogP contribution in [0.5, 0.6) is 5.75 Å². The van der Waals surface area contributed by atoms with Crippen LogP contribution >= 0.6 is 11.6 Å². The molecule has 0 bridgehead atoms. The molecular weight excluding hydrogens is 452 g/mol. The first-order valence-corrected chi connectivity index (χ1v) is 11.1. The quantitative estimate of drug-likeness (QED) is 0.643. The van der Waals surface area contributed by atoms with Crippen LogP contribution in [-0.4, -0.2) is 58.7 Å². The highest BCUT2D eigenvalue weighted by Gasteiger charge is 2.30. The van der Waals surface area contributed by atoms with Crippen molar-refractivity contribution >= 4 is 28.9 Å². The number of benzene rings is 1. The first kappa shape index (κ1) is 23.4. The molecule has 33 heavy (non-hydrogen) atoms. The van der Waals surface area contributed by atoms with Gasteiger partial charge in [-0.25, -0.2) is 13.5 Å². The number of fused-ring (bicyclic) bond motifs is 1. The summed E-state index contributed by atoms with van der Waals surface area (Å²) in [5.41, 5.74) is 3.40. The van der Waals surface area contributed by atoms with Gasteiger partial charge in [-0.15, -0.1) is 0 Å². The number of halogens is 3. The number of nitrogens with zero attached hydrogens (tertiary/aromatic N) is 4. The van der Waals surface area contributed by atoms with E-state index in [1.165, 1.54) is 18.2 Å². The van der Waals surface area contributed by atoms with Crippen LogP contribution in [-0.2, 0) is 13.1 Å².